The predicted molar refractivity (Wildman–Crippen MR) is 130 cm³/mol. The zero-order valence-electron chi connectivity index (χ0n) is 19.6. The van der Waals surface area contributed by atoms with Gasteiger partial charge in [-0.2, -0.15) is 0 Å². The van der Waals surface area contributed by atoms with Crippen LogP contribution in [-0.4, -0.2) is 41.5 Å². The molecule has 0 saturated carbocycles. The molecule has 0 atom stereocenters. The number of amides is 3. The maximum absolute atomic E-state index is 13.8. The van der Waals surface area contributed by atoms with Gasteiger partial charge in [0.1, 0.15) is 11.4 Å². The van der Waals surface area contributed by atoms with Crippen LogP contribution in [0.25, 0.3) is 6.08 Å². The minimum Gasteiger partial charge on any atom is -0.444 e. The maximum atomic E-state index is 13.8. The van der Waals surface area contributed by atoms with Crippen LogP contribution in [0.5, 0.6) is 0 Å². The summed E-state index contributed by atoms with van der Waals surface area (Å²) in [5.41, 5.74) is 0.633. The molecule has 0 aliphatic carbocycles. The molecule has 180 valence electrons. The summed E-state index contributed by atoms with van der Waals surface area (Å²) in [6.45, 7) is 6.09. The lowest BCUT2D eigenvalue weighted by molar-refractivity contribution is -0.130. The van der Waals surface area contributed by atoms with Crippen LogP contribution in [-0.2, 0) is 14.3 Å². The van der Waals surface area contributed by atoms with Crippen LogP contribution in [0.1, 0.15) is 39.2 Å². The van der Waals surface area contributed by atoms with E-state index in [4.69, 9.17) is 4.74 Å². The van der Waals surface area contributed by atoms with Crippen LogP contribution in [0.4, 0.5) is 20.6 Å². The number of carbonyl (C=O) groups excluding carboxylic acids is 3. The molecule has 0 bridgehead atoms. The fraction of sp³-hybridized carbons (Fsp3) is 0.346. The number of anilines is 2. The van der Waals surface area contributed by atoms with Crippen molar-refractivity contribution < 1.29 is 23.5 Å². The van der Waals surface area contributed by atoms with Gasteiger partial charge < -0.3 is 15.0 Å². The van der Waals surface area contributed by atoms with Gasteiger partial charge in [0.05, 0.1) is 11.4 Å². The molecule has 2 aromatic rings. The summed E-state index contributed by atoms with van der Waals surface area (Å²) >= 11 is 0. The highest BCUT2D eigenvalue weighted by atomic mass is 19.1. The van der Waals surface area contributed by atoms with Gasteiger partial charge in [0, 0.05) is 25.1 Å². The topological polar surface area (TPSA) is 87.7 Å². The van der Waals surface area contributed by atoms with Crippen molar-refractivity contribution in [2.24, 2.45) is 5.92 Å². The number of carbonyl (C=O) groups is 3. The van der Waals surface area contributed by atoms with Crippen molar-refractivity contribution in [3.05, 3.63) is 66.0 Å². The lowest BCUT2D eigenvalue weighted by atomic mass is 9.95. The third-order valence-electron chi connectivity index (χ3n) is 5.27. The number of nitrogens with zero attached hydrogens (tertiary/aromatic N) is 1. The molecule has 0 unspecified atom stereocenters. The molecular formula is C26H30FN3O4. The first-order valence-electron chi connectivity index (χ1n) is 11.2. The van der Waals surface area contributed by atoms with E-state index in [1.165, 1.54) is 18.2 Å². The predicted octanol–water partition coefficient (Wildman–Crippen LogP) is 5.06. The van der Waals surface area contributed by atoms with Crippen molar-refractivity contribution in [2.75, 3.05) is 23.7 Å². The van der Waals surface area contributed by atoms with Gasteiger partial charge in [-0.05, 0) is 63.5 Å². The summed E-state index contributed by atoms with van der Waals surface area (Å²) in [7, 11) is 0. The Balaban J connectivity index is 1.56. The molecule has 0 aromatic heterocycles. The number of benzene rings is 2. The lowest BCUT2D eigenvalue weighted by Crippen LogP contribution is -2.40. The van der Waals surface area contributed by atoms with Crippen LogP contribution in [0.3, 0.4) is 0 Å². The molecule has 3 amide bonds. The number of halogens is 1. The first-order valence-corrected chi connectivity index (χ1v) is 11.2. The minimum absolute atomic E-state index is 0.100. The fourth-order valence-electron chi connectivity index (χ4n) is 3.58. The zero-order chi connectivity index (χ0) is 24.7. The van der Waals surface area contributed by atoms with E-state index >= 15 is 0 Å². The minimum atomic E-state index is -0.704. The van der Waals surface area contributed by atoms with Crippen LogP contribution in [0.2, 0.25) is 0 Å². The third kappa shape index (κ3) is 7.43. The highest BCUT2D eigenvalue weighted by Gasteiger charge is 2.27. The largest absolute Gasteiger partial charge is 0.444 e. The quantitative estimate of drug-likeness (QED) is 0.602. The van der Waals surface area contributed by atoms with Crippen molar-refractivity contribution in [1.29, 1.82) is 0 Å². The van der Waals surface area contributed by atoms with Gasteiger partial charge in [0.2, 0.25) is 11.8 Å². The molecule has 0 spiro atoms. The molecule has 34 heavy (non-hydrogen) atoms. The van der Waals surface area contributed by atoms with Crippen molar-refractivity contribution in [1.82, 2.24) is 4.90 Å². The number of piperidine rings is 1. The number of rotatable bonds is 5. The van der Waals surface area contributed by atoms with Gasteiger partial charge in [0.15, 0.2) is 0 Å². The van der Waals surface area contributed by atoms with E-state index in [0.717, 1.165) is 11.6 Å². The van der Waals surface area contributed by atoms with Crippen LogP contribution >= 0.6 is 0 Å². The molecule has 8 heteroatoms. The van der Waals surface area contributed by atoms with Crippen molar-refractivity contribution in [3.8, 4) is 0 Å². The maximum Gasteiger partial charge on any atom is 0.412 e. The Labute approximate surface area is 199 Å². The van der Waals surface area contributed by atoms with Gasteiger partial charge >= 0.3 is 6.09 Å². The Kier molecular flexibility index (Phi) is 8.04. The summed E-state index contributed by atoms with van der Waals surface area (Å²) in [5.74, 6) is -1.27. The summed E-state index contributed by atoms with van der Waals surface area (Å²) in [4.78, 5) is 39.1. The molecule has 2 N–H and O–H groups in total. The average molecular weight is 468 g/mol. The number of likely N-dealkylation sites (tertiary alicyclic amines) is 1. The molecule has 0 radical (unpaired) electrons. The Morgan fingerprint density at radius 2 is 1.68 bits per heavy atom. The molecule has 1 saturated heterocycles. The molecule has 3 rings (SSSR count). The Morgan fingerprint density at radius 1 is 1.00 bits per heavy atom. The molecule has 1 fully saturated rings. The second kappa shape index (κ2) is 11.0. The second-order valence-electron chi connectivity index (χ2n) is 9.15. The van der Waals surface area contributed by atoms with E-state index in [1.807, 2.05) is 30.3 Å². The van der Waals surface area contributed by atoms with E-state index < -0.39 is 17.5 Å². The Bertz CT molecular complexity index is 1060. The number of nitrogens with one attached hydrogen (secondary N) is 2. The normalized spacial score (nSPS) is 14.6. The van der Waals surface area contributed by atoms with Gasteiger partial charge in [-0.3, -0.25) is 14.9 Å². The zero-order valence-corrected chi connectivity index (χ0v) is 19.6. The molecule has 1 aliphatic heterocycles. The highest BCUT2D eigenvalue weighted by Crippen LogP contribution is 2.26. The monoisotopic (exact) mass is 467 g/mol. The average Bonchev–Trinajstić information content (AvgIpc) is 2.79. The van der Waals surface area contributed by atoms with E-state index in [2.05, 4.69) is 10.6 Å². The van der Waals surface area contributed by atoms with Gasteiger partial charge in [-0.25, -0.2) is 9.18 Å². The fourth-order valence-corrected chi connectivity index (χ4v) is 3.58. The van der Waals surface area contributed by atoms with Gasteiger partial charge in [0.25, 0.3) is 0 Å². The van der Waals surface area contributed by atoms with Gasteiger partial charge in [-0.1, -0.05) is 30.3 Å². The van der Waals surface area contributed by atoms with Crippen LogP contribution in [0.15, 0.2) is 54.6 Å². The molecule has 7 nitrogen and oxygen atoms in total. The van der Waals surface area contributed by atoms with E-state index in [-0.39, 0.29) is 29.1 Å². The summed E-state index contributed by atoms with van der Waals surface area (Å²) < 4.78 is 19.1. The first kappa shape index (κ1) is 25.0. The number of ether oxygens (including phenoxy) is 1. The molecule has 2 aromatic carbocycles. The molecular weight excluding hydrogens is 437 g/mol. The smallest absolute Gasteiger partial charge is 0.412 e. The standard InChI is InChI=1S/C26H30FN3O4/c1-26(2,3)34-25(33)29-21-11-10-20(27)17-22(21)28-24(32)19-13-15-30(16-14-19)23(31)12-9-18-7-5-4-6-8-18/h4-12,17,19H,13-16H2,1-3H3,(H,28,32)(H,29,33)/b12-9+. The van der Waals surface area contributed by atoms with E-state index in [0.29, 0.717) is 25.9 Å². The van der Waals surface area contributed by atoms with Crippen LogP contribution < -0.4 is 10.6 Å². The lowest BCUT2D eigenvalue weighted by Gasteiger charge is -2.30. The highest BCUT2D eigenvalue weighted by molar-refractivity contribution is 5.99. The third-order valence-corrected chi connectivity index (χ3v) is 5.27. The van der Waals surface area contributed by atoms with Crippen LogP contribution in [0, 0.1) is 11.7 Å². The van der Waals surface area contributed by atoms with Crippen molar-refractivity contribution in [3.63, 3.8) is 0 Å². The van der Waals surface area contributed by atoms with E-state index in [9.17, 15) is 18.8 Å². The molecule has 1 heterocycles. The van der Waals surface area contributed by atoms with Gasteiger partial charge in [-0.15, -0.1) is 0 Å². The first-order chi connectivity index (χ1) is 16.1. The Morgan fingerprint density at radius 3 is 2.32 bits per heavy atom. The SMILES string of the molecule is CC(C)(C)OC(=O)Nc1ccc(F)cc1NC(=O)C1CCN(C(=O)/C=C/c2ccccc2)CC1. The summed E-state index contributed by atoms with van der Waals surface area (Å²) in [5, 5.41) is 5.26. The summed E-state index contributed by atoms with van der Waals surface area (Å²) in [6.07, 6.45) is 3.58. The molecule has 1 aliphatic rings. The number of hydrogen-bond donors (Lipinski definition) is 2. The Hall–Kier alpha value is -3.68. The van der Waals surface area contributed by atoms with E-state index in [1.54, 1.807) is 31.7 Å². The second-order valence-corrected chi connectivity index (χ2v) is 9.15. The van der Waals surface area contributed by atoms with Crippen molar-refractivity contribution in [2.45, 2.75) is 39.2 Å². The van der Waals surface area contributed by atoms with Crippen molar-refractivity contribution >= 4 is 35.4 Å². The summed E-state index contributed by atoms with van der Waals surface area (Å²) in [6, 6.07) is 13.3. The number of hydrogen-bond acceptors (Lipinski definition) is 4.